The predicted molar refractivity (Wildman–Crippen MR) is 53.0 cm³/mol. The summed E-state index contributed by atoms with van der Waals surface area (Å²) < 4.78 is 24.8. The number of rotatable bonds is 2. The molecule has 0 aromatic heterocycles. The van der Waals surface area contributed by atoms with Crippen LogP contribution in [0.4, 0.5) is 0 Å². The summed E-state index contributed by atoms with van der Waals surface area (Å²) >= 11 is 0. The lowest BCUT2D eigenvalue weighted by Gasteiger charge is -2.37. The number of nitrogens with zero attached hydrogens (tertiary/aromatic N) is 2. The molecule has 1 aliphatic rings. The SMILES string of the molecule is CC1CNCC(C)N1S(=O)(=O)CC#N. The van der Waals surface area contributed by atoms with E-state index in [2.05, 4.69) is 5.32 Å². The fraction of sp³-hybridized carbons (Fsp3) is 0.875. The summed E-state index contributed by atoms with van der Waals surface area (Å²) in [6, 6.07) is 1.55. The Balaban J connectivity index is 2.89. The average molecular weight is 217 g/mol. The van der Waals surface area contributed by atoms with Crippen molar-refractivity contribution in [1.29, 1.82) is 5.26 Å². The van der Waals surface area contributed by atoms with E-state index in [0.717, 1.165) is 0 Å². The van der Waals surface area contributed by atoms with Gasteiger partial charge in [0, 0.05) is 25.2 Å². The molecule has 0 bridgehead atoms. The highest BCUT2D eigenvalue weighted by atomic mass is 32.2. The second-order valence-electron chi connectivity index (χ2n) is 3.60. The van der Waals surface area contributed by atoms with E-state index in [1.54, 1.807) is 6.07 Å². The highest BCUT2D eigenvalue weighted by Crippen LogP contribution is 2.15. The molecule has 0 spiro atoms. The molecule has 1 heterocycles. The Labute approximate surface area is 84.8 Å². The second kappa shape index (κ2) is 4.26. The molecular formula is C8H15N3O2S. The van der Waals surface area contributed by atoms with Crippen molar-refractivity contribution in [3.05, 3.63) is 0 Å². The van der Waals surface area contributed by atoms with Crippen LogP contribution in [0.2, 0.25) is 0 Å². The van der Waals surface area contributed by atoms with Gasteiger partial charge in [-0.1, -0.05) is 0 Å². The van der Waals surface area contributed by atoms with Crippen molar-refractivity contribution in [2.45, 2.75) is 25.9 Å². The van der Waals surface area contributed by atoms with Crippen LogP contribution in [-0.2, 0) is 10.0 Å². The summed E-state index contributed by atoms with van der Waals surface area (Å²) in [6.07, 6.45) is 0. The molecule has 0 aromatic carbocycles. The summed E-state index contributed by atoms with van der Waals surface area (Å²) in [5, 5.41) is 11.6. The minimum atomic E-state index is -3.40. The molecular weight excluding hydrogens is 202 g/mol. The van der Waals surface area contributed by atoms with Crippen LogP contribution in [0.3, 0.4) is 0 Å². The highest BCUT2D eigenvalue weighted by molar-refractivity contribution is 7.89. The molecule has 1 aliphatic heterocycles. The summed E-state index contributed by atoms with van der Waals surface area (Å²) in [5.74, 6) is -0.429. The first kappa shape index (κ1) is 11.4. The van der Waals surface area contributed by atoms with E-state index in [1.807, 2.05) is 13.8 Å². The zero-order valence-electron chi connectivity index (χ0n) is 8.40. The van der Waals surface area contributed by atoms with Gasteiger partial charge >= 0.3 is 0 Å². The molecule has 0 radical (unpaired) electrons. The van der Waals surface area contributed by atoms with Gasteiger partial charge < -0.3 is 5.32 Å². The van der Waals surface area contributed by atoms with Crippen LogP contribution < -0.4 is 5.32 Å². The first-order valence-corrected chi connectivity index (χ1v) is 6.19. The molecule has 0 aromatic rings. The topological polar surface area (TPSA) is 73.2 Å². The molecule has 2 atom stereocenters. The summed E-state index contributed by atoms with van der Waals surface area (Å²) in [5.41, 5.74) is 0. The first-order chi connectivity index (χ1) is 6.49. The largest absolute Gasteiger partial charge is 0.314 e. The molecule has 1 rings (SSSR count). The number of nitriles is 1. The van der Waals surface area contributed by atoms with E-state index in [1.165, 1.54) is 4.31 Å². The summed E-state index contributed by atoms with van der Waals surface area (Å²) in [4.78, 5) is 0. The van der Waals surface area contributed by atoms with Crippen LogP contribution in [0.15, 0.2) is 0 Å². The van der Waals surface area contributed by atoms with Crippen molar-refractivity contribution in [1.82, 2.24) is 9.62 Å². The van der Waals surface area contributed by atoms with Gasteiger partial charge in [-0.3, -0.25) is 0 Å². The molecule has 1 saturated heterocycles. The minimum absolute atomic E-state index is 0.0721. The Hall–Kier alpha value is -0.640. The van der Waals surface area contributed by atoms with Crippen LogP contribution in [0.1, 0.15) is 13.8 Å². The maximum absolute atomic E-state index is 11.7. The second-order valence-corrected chi connectivity index (χ2v) is 5.47. The smallest absolute Gasteiger partial charge is 0.228 e. The van der Waals surface area contributed by atoms with E-state index >= 15 is 0 Å². The van der Waals surface area contributed by atoms with Crippen molar-refractivity contribution in [2.24, 2.45) is 0 Å². The van der Waals surface area contributed by atoms with Gasteiger partial charge in [0.2, 0.25) is 10.0 Å². The van der Waals surface area contributed by atoms with Gasteiger partial charge in [0.05, 0.1) is 6.07 Å². The maximum Gasteiger partial charge on any atom is 0.228 e. The molecule has 6 heteroatoms. The van der Waals surface area contributed by atoms with Crippen LogP contribution >= 0.6 is 0 Å². The Kier molecular flexibility index (Phi) is 3.48. The third kappa shape index (κ3) is 2.23. The lowest BCUT2D eigenvalue weighted by atomic mass is 10.2. The number of nitrogens with one attached hydrogen (secondary N) is 1. The number of hydrogen-bond acceptors (Lipinski definition) is 4. The molecule has 0 saturated carbocycles. The van der Waals surface area contributed by atoms with Crippen molar-refractivity contribution >= 4 is 10.0 Å². The zero-order chi connectivity index (χ0) is 10.8. The maximum atomic E-state index is 11.7. The van der Waals surface area contributed by atoms with Crippen molar-refractivity contribution in [3.63, 3.8) is 0 Å². The standard InChI is InChI=1S/C8H15N3O2S/c1-7-5-10-6-8(2)11(7)14(12,13)4-3-9/h7-8,10H,4-6H2,1-2H3. The minimum Gasteiger partial charge on any atom is -0.314 e. The highest BCUT2D eigenvalue weighted by Gasteiger charge is 2.33. The molecule has 14 heavy (non-hydrogen) atoms. The zero-order valence-corrected chi connectivity index (χ0v) is 9.21. The third-order valence-electron chi connectivity index (χ3n) is 2.32. The van der Waals surface area contributed by atoms with Gasteiger partial charge in [0.1, 0.15) is 0 Å². The Morgan fingerprint density at radius 2 is 1.93 bits per heavy atom. The van der Waals surface area contributed by atoms with E-state index < -0.39 is 15.8 Å². The van der Waals surface area contributed by atoms with Gasteiger partial charge in [-0.05, 0) is 13.8 Å². The molecule has 1 fully saturated rings. The number of hydrogen-bond donors (Lipinski definition) is 1. The van der Waals surface area contributed by atoms with E-state index in [9.17, 15) is 8.42 Å². The Morgan fingerprint density at radius 3 is 2.36 bits per heavy atom. The van der Waals surface area contributed by atoms with Gasteiger partial charge in [-0.25, -0.2) is 8.42 Å². The van der Waals surface area contributed by atoms with E-state index in [4.69, 9.17) is 5.26 Å². The molecule has 0 amide bonds. The lowest BCUT2D eigenvalue weighted by Crippen LogP contribution is -2.57. The Bertz CT molecular complexity index is 323. The third-order valence-corrected chi connectivity index (χ3v) is 4.17. The normalized spacial score (nSPS) is 29.8. The van der Waals surface area contributed by atoms with E-state index in [-0.39, 0.29) is 12.1 Å². The summed E-state index contributed by atoms with van der Waals surface area (Å²) in [6.45, 7) is 4.99. The number of sulfonamides is 1. The van der Waals surface area contributed by atoms with Crippen LogP contribution in [0, 0.1) is 11.3 Å². The monoisotopic (exact) mass is 217 g/mol. The van der Waals surface area contributed by atoms with Gasteiger partial charge in [0.25, 0.3) is 0 Å². The van der Waals surface area contributed by atoms with Gasteiger partial charge in [0.15, 0.2) is 5.75 Å². The van der Waals surface area contributed by atoms with Crippen LogP contribution in [-0.4, -0.2) is 43.6 Å². The molecule has 1 N–H and O–H groups in total. The van der Waals surface area contributed by atoms with Gasteiger partial charge in [-0.15, -0.1) is 0 Å². The van der Waals surface area contributed by atoms with Crippen LogP contribution in [0.5, 0.6) is 0 Å². The van der Waals surface area contributed by atoms with Crippen molar-refractivity contribution in [2.75, 3.05) is 18.8 Å². The van der Waals surface area contributed by atoms with Crippen LogP contribution in [0.25, 0.3) is 0 Å². The fourth-order valence-corrected chi connectivity index (χ4v) is 3.38. The van der Waals surface area contributed by atoms with Gasteiger partial charge in [-0.2, -0.15) is 9.57 Å². The first-order valence-electron chi connectivity index (χ1n) is 4.58. The molecule has 0 aliphatic carbocycles. The quantitative estimate of drug-likeness (QED) is 0.678. The average Bonchev–Trinajstić information content (AvgIpc) is 2.02. The summed E-state index contributed by atoms with van der Waals surface area (Å²) in [7, 11) is -3.40. The van der Waals surface area contributed by atoms with E-state index in [0.29, 0.717) is 13.1 Å². The van der Waals surface area contributed by atoms with Crippen molar-refractivity contribution < 1.29 is 8.42 Å². The number of piperazine rings is 1. The lowest BCUT2D eigenvalue weighted by molar-refractivity contribution is 0.221. The Morgan fingerprint density at radius 1 is 1.43 bits per heavy atom. The predicted octanol–water partition coefficient (Wildman–Crippen LogP) is -0.478. The molecule has 2 unspecified atom stereocenters. The molecule has 5 nitrogen and oxygen atoms in total. The molecule has 80 valence electrons. The van der Waals surface area contributed by atoms with Crippen molar-refractivity contribution in [3.8, 4) is 6.07 Å². The fourth-order valence-electron chi connectivity index (χ4n) is 1.82.